The number of hydrogen-bond acceptors (Lipinski definition) is 6. The second kappa shape index (κ2) is 6.61. The lowest BCUT2D eigenvalue weighted by Gasteiger charge is -2.12. The summed E-state index contributed by atoms with van der Waals surface area (Å²) in [6.45, 7) is 0.375. The van der Waals surface area contributed by atoms with Crippen LogP contribution in [0.25, 0.3) is 27.3 Å². The van der Waals surface area contributed by atoms with Crippen molar-refractivity contribution in [1.29, 1.82) is 0 Å². The first-order valence-electron chi connectivity index (χ1n) is 7.99. The third-order valence-electron chi connectivity index (χ3n) is 4.05. The molecule has 7 heteroatoms. The summed E-state index contributed by atoms with van der Waals surface area (Å²) >= 11 is 1.37. The van der Waals surface area contributed by atoms with E-state index in [1.54, 1.807) is 10.1 Å². The summed E-state index contributed by atoms with van der Waals surface area (Å²) in [4.78, 5) is 17.0. The monoisotopic (exact) mass is 364 g/mol. The molecule has 0 N–H and O–H groups in total. The van der Waals surface area contributed by atoms with E-state index in [1.807, 2.05) is 49.3 Å². The smallest absolute Gasteiger partial charge is 0.299 e. The Kier molecular flexibility index (Phi) is 4.14. The highest BCUT2D eigenvalue weighted by Gasteiger charge is 2.17. The topological polar surface area (TPSA) is 60.3 Å². The van der Waals surface area contributed by atoms with Crippen molar-refractivity contribution < 1.29 is 9.53 Å². The van der Waals surface area contributed by atoms with E-state index >= 15 is 0 Å². The highest BCUT2D eigenvalue weighted by atomic mass is 32.1. The number of hydrogen-bond donors (Lipinski definition) is 0. The van der Waals surface area contributed by atoms with Crippen LogP contribution in [0.2, 0.25) is 0 Å². The molecule has 2 aromatic heterocycles. The molecule has 0 radical (unpaired) electrons. The zero-order valence-electron chi connectivity index (χ0n) is 14.3. The predicted octanol–water partition coefficient (Wildman–Crippen LogP) is 3.75. The summed E-state index contributed by atoms with van der Waals surface area (Å²) in [6, 6.07) is 16.3. The number of carbonyl (C=O) groups excluding carboxylic acids is 1. The lowest BCUT2D eigenvalue weighted by Crippen LogP contribution is -2.08. The van der Waals surface area contributed by atoms with Crippen molar-refractivity contribution in [2.75, 3.05) is 19.0 Å². The zero-order chi connectivity index (χ0) is 18.1. The van der Waals surface area contributed by atoms with Gasteiger partial charge in [0.25, 0.3) is 6.47 Å². The van der Waals surface area contributed by atoms with Crippen LogP contribution in [-0.2, 0) is 4.79 Å². The van der Waals surface area contributed by atoms with Crippen molar-refractivity contribution in [3.05, 3.63) is 53.9 Å². The molecule has 4 rings (SSSR count). The number of rotatable bonds is 5. The average molecular weight is 364 g/mol. The third-order valence-corrected chi connectivity index (χ3v) is 4.84. The third kappa shape index (κ3) is 2.82. The molecule has 0 fully saturated rings. The number of ether oxygens (including phenoxy) is 1. The molecule has 0 bridgehead atoms. The molecule has 2 heterocycles. The van der Waals surface area contributed by atoms with E-state index in [2.05, 4.69) is 23.2 Å². The summed E-state index contributed by atoms with van der Waals surface area (Å²) in [5.41, 5.74) is 3.94. The largest absolute Gasteiger partial charge is 0.409 e. The van der Waals surface area contributed by atoms with E-state index in [1.165, 1.54) is 11.3 Å². The molecule has 26 heavy (non-hydrogen) atoms. The predicted molar refractivity (Wildman–Crippen MR) is 103 cm³/mol. The number of benzene rings is 2. The molecule has 0 amide bonds. The minimum Gasteiger partial charge on any atom is -0.409 e. The van der Waals surface area contributed by atoms with E-state index in [4.69, 9.17) is 9.84 Å². The zero-order valence-corrected chi connectivity index (χ0v) is 15.1. The fraction of sp³-hybridized carbons (Fsp3) is 0.105. The van der Waals surface area contributed by atoms with Crippen LogP contribution in [0.3, 0.4) is 0 Å². The Morgan fingerprint density at radius 2 is 1.96 bits per heavy atom. The Labute approximate surface area is 154 Å². The first-order valence-corrected chi connectivity index (χ1v) is 8.87. The Bertz CT molecular complexity index is 1070. The maximum atomic E-state index is 10.6. The molecule has 2 aromatic carbocycles. The van der Waals surface area contributed by atoms with Crippen LogP contribution in [0.1, 0.15) is 0 Å². The number of thiazole rings is 1. The molecular formula is C19H16N4O2S. The maximum Gasteiger partial charge on any atom is 0.299 e. The Hall–Kier alpha value is -3.19. The van der Waals surface area contributed by atoms with Gasteiger partial charge in [-0.25, -0.2) is 4.68 Å². The number of nitrogens with zero attached hydrogens (tertiary/aromatic N) is 4. The Morgan fingerprint density at radius 1 is 1.15 bits per heavy atom. The quantitative estimate of drug-likeness (QED) is 0.505. The van der Waals surface area contributed by atoms with Gasteiger partial charge in [-0.1, -0.05) is 41.7 Å². The molecule has 0 aliphatic carbocycles. The second-order valence-electron chi connectivity index (χ2n) is 5.90. The summed E-state index contributed by atoms with van der Waals surface area (Å²) in [5, 5.41) is 8.18. The maximum absolute atomic E-state index is 10.6. The van der Waals surface area contributed by atoms with Gasteiger partial charge < -0.3 is 9.64 Å². The minimum absolute atomic E-state index is 0.272. The molecule has 0 aliphatic heterocycles. The van der Waals surface area contributed by atoms with Gasteiger partial charge >= 0.3 is 0 Å². The number of anilines is 1. The highest BCUT2D eigenvalue weighted by molar-refractivity contribution is 7.12. The number of aromatic nitrogens is 3. The van der Waals surface area contributed by atoms with Gasteiger partial charge in [-0.2, -0.15) is 10.1 Å². The van der Waals surface area contributed by atoms with Gasteiger partial charge in [0.1, 0.15) is 5.69 Å². The highest BCUT2D eigenvalue weighted by Crippen LogP contribution is 2.33. The van der Waals surface area contributed by atoms with Gasteiger partial charge in [0.05, 0.1) is 10.9 Å². The van der Waals surface area contributed by atoms with Crippen molar-refractivity contribution in [2.45, 2.75) is 0 Å². The van der Waals surface area contributed by atoms with Gasteiger partial charge in [-0.3, -0.25) is 4.79 Å². The average Bonchev–Trinajstić information content (AvgIpc) is 3.26. The molecule has 0 saturated carbocycles. The molecule has 6 nitrogen and oxygen atoms in total. The van der Waals surface area contributed by atoms with Crippen molar-refractivity contribution >= 4 is 34.4 Å². The van der Waals surface area contributed by atoms with E-state index in [0.29, 0.717) is 11.6 Å². The molecule has 0 atom stereocenters. The van der Waals surface area contributed by atoms with Gasteiger partial charge in [0.2, 0.25) is 11.0 Å². The van der Waals surface area contributed by atoms with Gasteiger partial charge in [-0.05, 0) is 18.2 Å². The van der Waals surface area contributed by atoms with Crippen molar-refractivity contribution in [3.63, 3.8) is 0 Å². The number of fused-ring (bicyclic) bond motifs is 1. The summed E-state index contributed by atoms with van der Waals surface area (Å²) in [7, 11) is 4.00. The summed E-state index contributed by atoms with van der Waals surface area (Å²) in [5.74, 6) is 0.272. The minimum atomic E-state index is 0.272. The van der Waals surface area contributed by atoms with Crippen LogP contribution in [0.15, 0.2) is 53.9 Å². The summed E-state index contributed by atoms with van der Waals surface area (Å²) in [6.07, 6.45) is 0. The Balaban J connectivity index is 1.95. The molecule has 0 saturated heterocycles. The van der Waals surface area contributed by atoms with Crippen LogP contribution >= 0.6 is 11.3 Å². The van der Waals surface area contributed by atoms with Crippen LogP contribution in [0.4, 0.5) is 5.69 Å². The lowest BCUT2D eigenvalue weighted by atomic mass is 10.1. The van der Waals surface area contributed by atoms with E-state index in [-0.39, 0.29) is 5.88 Å². The standard InChI is InChI=1S/C19H16N4O2S/c1-22(2)14-8-9-15-16(10-14)23(19-20-17(11-26-19)25-12-24)21-18(15)13-6-4-3-5-7-13/h3-12H,1-2H3. The van der Waals surface area contributed by atoms with Crippen LogP contribution in [0, 0.1) is 0 Å². The van der Waals surface area contributed by atoms with Crippen LogP contribution in [0.5, 0.6) is 5.88 Å². The van der Waals surface area contributed by atoms with E-state index in [9.17, 15) is 4.79 Å². The second-order valence-corrected chi connectivity index (χ2v) is 6.74. The van der Waals surface area contributed by atoms with Gasteiger partial charge in [0, 0.05) is 30.7 Å². The molecule has 0 unspecified atom stereocenters. The molecule has 0 spiro atoms. The normalized spacial score (nSPS) is 10.8. The molecule has 130 valence electrons. The van der Waals surface area contributed by atoms with Crippen LogP contribution in [-0.4, -0.2) is 35.3 Å². The fourth-order valence-corrected chi connectivity index (χ4v) is 3.48. The van der Waals surface area contributed by atoms with Gasteiger partial charge in [-0.15, -0.1) is 0 Å². The SMILES string of the molecule is CN(C)c1ccc2c(-c3ccccc3)nn(-c3nc(OC=O)cs3)c2c1. The first-order chi connectivity index (χ1) is 12.7. The molecule has 4 aromatic rings. The van der Waals surface area contributed by atoms with Crippen LogP contribution < -0.4 is 9.64 Å². The lowest BCUT2D eigenvalue weighted by molar-refractivity contribution is -0.120. The van der Waals surface area contributed by atoms with Crippen molar-refractivity contribution in [2.24, 2.45) is 0 Å². The van der Waals surface area contributed by atoms with Crippen molar-refractivity contribution in [1.82, 2.24) is 14.8 Å². The van der Waals surface area contributed by atoms with E-state index in [0.717, 1.165) is 27.8 Å². The summed E-state index contributed by atoms with van der Waals surface area (Å²) < 4.78 is 6.64. The fourth-order valence-electron chi connectivity index (χ4n) is 2.79. The Morgan fingerprint density at radius 3 is 2.69 bits per heavy atom. The molecule has 0 aliphatic rings. The molecular weight excluding hydrogens is 348 g/mol. The number of carbonyl (C=O) groups is 1. The first kappa shape index (κ1) is 16.3. The van der Waals surface area contributed by atoms with Gasteiger partial charge in [0.15, 0.2) is 0 Å². The van der Waals surface area contributed by atoms with E-state index < -0.39 is 0 Å². The van der Waals surface area contributed by atoms with Crippen molar-refractivity contribution in [3.8, 4) is 22.3 Å².